The number of aliphatic hydroxyl groups is 2. The number of pyridine rings is 1. The van der Waals surface area contributed by atoms with Crippen molar-refractivity contribution in [2.75, 3.05) is 19.7 Å². The van der Waals surface area contributed by atoms with E-state index in [1.54, 1.807) is 16.9 Å². The molecular formula is C27H30ClF2N5O8S. The Kier molecular flexibility index (Phi) is 10.0. The molecule has 2 aliphatic rings. The Morgan fingerprint density at radius 2 is 1.80 bits per heavy atom. The largest absolute Gasteiger partial charge is 0.479 e. The van der Waals surface area contributed by atoms with Crippen LogP contribution in [0.2, 0.25) is 4.34 Å². The molecule has 44 heavy (non-hydrogen) atoms. The molecule has 1 spiro atoms. The number of carbonyl (C=O) groups excluding carboxylic acids is 1. The third-order valence-electron chi connectivity index (χ3n) is 7.35. The van der Waals surface area contributed by atoms with Crippen molar-refractivity contribution < 1.29 is 48.3 Å². The Balaban J connectivity index is 0.000000382. The average Bonchev–Trinajstić information content (AvgIpc) is 3.55. The summed E-state index contributed by atoms with van der Waals surface area (Å²) in [7, 11) is 0. The van der Waals surface area contributed by atoms with Gasteiger partial charge >= 0.3 is 11.9 Å². The predicted molar refractivity (Wildman–Crippen MR) is 152 cm³/mol. The number of hydrogen-bond acceptors (Lipinski definition) is 10. The number of fused-ring (bicyclic) bond motifs is 2. The number of aliphatic hydroxyl groups excluding tert-OH is 2. The number of carboxylic acid groups (broad SMARTS) is 2. The molecule has 2 atom stereocenters. The maximum atomic E-state index is 14.4. The lowest BCUT2D eigenvalue weighted by Gasteiger charge is -2.45. The zero-order chi connectivity index (χ0) is 32.4. The molecule has 0 saturated carbocycles. The Hall–Kier alpha value is -3.54. The number of carbonyl (C=O) groups is 3. The summed E-state index contributed by atoms with van der Waals surface area (Å²) < 4.78 is 36.6. The fourth-order valence-electron chi connectivity index (χ4n) is 5.02. The van der Waals surface area contributed by atoms with Crippen molar-refractivity contribution in [3.05, 3.63) is 62.2 Å². The van der Waals surface area contributed by atoms with Gasteiger partial charge in [0.1, 0.15) is 12.2 Å². The van der Waals surface area contributed by atoms with E-state index in [0.29, 0.717) is 53.1 Å². The van der Waals surface area contributed by atoms with E-state index < -0.39 is 48.2 Å². The molecule has 0 radical (unpaired) electrons. The van der Waals surface area contributed by atoms with E-state index in [-0.39, 0.29) is 12.0 Å². The first-order chi connectivity index (χ1) is 20.6. The van der Waals surface area contributed by atoms with Gasteiger partial charge in [0, 0.05) is 53.6 Å². The van der Waals surface area contributed by atoms with E-state index >= 15 is 0 Å². The molecule has 2 aliphatic heterocycles. The van der Waals surface area contributed by atoms with Crippen molar-refractivity contribution in [1.82, 2.24) is 19.7 Å². The average molecular weight is 658 g/mol. The number of carboxylic acids is 2. The van der Waals surface area contributed by atoms with Crippen LogP contribution < -0.4 is 5.73 Å². The molecule has 238 valence electrons. The molecule has 1 saturated heterocycles. The van der Waals surface area contributed by atoms with Crippen molar-refractivity contribution >= 4 is 40.8 Å². The minimum atomic E-state index is -3.01. The molecule has 5 rings (SSSR count). The number of ether oxygens (including phenoxy) is 1. The Morgan fingerprint density at radius 1 is 1.16 bits per heavy atom. The lowest BCUT2D eigenvalue weighted by molar-refractivity contribution is -0.182. The number of piperidine rings is 1. The van der Waals surface area contributed by atoms with Gasteiger partial charge in [-0.15, -0.1) is 11.3 Å². The summed E-state index contributed by atoms with van der Waals surface area (Å²) in [6.07, 6.45) is 0.349. The minimum Gasteiger partial charge on any atom is -0.479 e. The lowest BCUT2D eigenvalue weighted by Crippen LogP contribution is -2.48. The zero-order valence-electron chi connectivity index (χ0n) is 23.3. The number of aryl methyl sites for hydroxylation is 1. The molecule has 17 heteroatoms. The van der Waals surface area contributed by atoms with Crippen LogP contribution in [0.4, 0.5) is 8.78 Å². The summed E-state index contributed by atoms with van der Waals surface area (Å²) in [5.41, 5.74) is 7.28. The first-order valence-electron chi connectivity index (χ1n) is 13.3. The Bertz CT molecular complexity index is 1520. The number of aromatic nitrogens is 3. The van der Waals surface area contributed by atoms with Crippen LogP contribution in [0.25, 0.3) is 5.82 Å². The number of nitrogens with two attached hydrogens (primary N) is 1. The van der Waals surface area contributed by atoms with Crippen LogP contribution >= 0.6 is 22.9 Å². The summed E-state index contributed by atoms with van der Waals surface area (Å²) in [5, 5.41) is 37.1. The molecule has 3 aromatic rings. The van der Waals surface area contributed by atoms with Gasteiger partial charge in [0.15, 0.2) is 18.0 Å². The number of primary amides is 1. The molecule has 5 heterocycles. The van der Waals surface area contributed by atoms with E-state index in [2.05, 4.69) is 15.0 Å². The van der Waals surface area contributed by atoms with Crippen LogP contribution in [-0.4, -0.2) is 89.8 Å². The van der Waals surface area contributed by atoms with Crippen LogP contribution in [0.1, 0.15) is 40.1 Å². The van der Waals surface area contributed by atoms with Crippen molar-refractivity contribution in [2.45, 2.75) is 56.5 Å². The van der Waals surface area contributed by atoms with Gasteiger partial charge in [-0.3, -0.25) is 9.69 Å². The van der Waals surface area contributed by atoms with Crippen molar-refractivity contribution in [3.8, 4) is 5.82 Å². The van der Waals surface area contributed by atoms with Crippen molar-refractivity contribution in [1.29, 1.82) is 0 Å². The molecule has 1 amide bonds. The Morgan fingerprint density at radius 3 is 2.39 bits per heavy atom. The maximum absolute atomic E-state index is 14.4. The smallest absolute Gasteiger partial charge is 0.335 e. The third-order valence-corrected chi connectivity index (χ3v) is 8.80. The number of halogens is 3. The second-order valence-corrected chi connectivity index (χ2v) is 12.1. The fraction of sp³-hybridized carbons (Fsp3) is 0.444. The number of nitrogens with zero attached hydrogens (tertiary/aromatic N) is 4. The van der Waals surface area contributed by atoms with E-state index in [4.69, 9.17) is 42.5 Å². The summed E-state index contributed by atoms with van der Waals surface area (Å²) in [5.74, 6) is -6.40. The third kappa shape index (κ3) is 7.22. The summed E-state index contributed by atoms with van der Waals surface area (Å²) >= 11 is 7.31. The van der Waals surface area contributed by atoms with E-state index in [9.17, 15) is 23.2 Å². The van der Waals surface area contributed by atoms with Gasteiger partial charge in [-0.1, -0.05) is 17.7 Å². The van der Waals surface area contributed by atoms with Crippen molar-refractivity contribution in [2.24, 2.45) is 5.73 Å². The first-order valence-corrected chi connectivity index (χ1v) is 14.5. The summed E-state index contributed by atoms with van der Waals surface area (Å²) in [6, 6.07) is 4.96. The van der Waals surface area contributed by atoms with Crippen LogP contribution in [0.15, 0.2) is 30.6 Å². The van der Waals surface area contributed by atoms with Gasteiger partial charge in [0.05, 0.1) is 16.5 Å². The van der Waals surface area contributed by atoms with Gasteiger partial charge < -0.3 is 30.9 Å². The molecule has 0 aromatic carbocycles. The quantitative estimate of drug-likeness (QED) is 0.236. The first kappa shape index (κ1) is 33.4. The highest BCUT2D eigenvalue weighted by molar-refractivity contribution is 7.16. The van der Waals surface area contributed by atoms with Crippen LogP contribution in [-0.2, 0) is 43.6 Å². The number of thiophene rings is 1. The molecule has 3 aromatic heterocycles. The van der Waals surface area contributed by atoms with Gasteiger partial charge in [-0.05, 0) is 31.9 Å². The molecule has 0 bridgehead atoms. The summed E-state index contributed by atoms with van der Waals surface area (Å²) in [4.78, 5) is 38.2. The van der Waals surface area contributed by atoms with E-state index in [1.165, 1.54) is 17.4 Å². The molecule has 0 unspecified atom stereocenters. The predicted octanol–water partition coefficient (Wildman–Crippen LogP) is 1.81. The topological polar surface area (TPSA) is 201 Å². The number of rotatable bonds is 8. The molecular weight excluding hydrogens is 628 g/mol. The standard InChI is InChI=1S/C23H24ClF2N5O2S.C4H6O6/c1-14-16(12-31(29-14)21-15(9-19(27)32)3-2-6-28-21)11-30-7-4-22(5-8-30)20-17(10-18(24)34-20)23(25,26)13-33-22;5-1(3(7)8)2(6)4(9)10/h2-3,6,10,12H,4-5,7-9,11,13H2,1H3,(H2,27,32);1-2,5-6H,(H,7,8)(H,9,10)/t;1-,2-/m.1/s1. The van der Waals surface area contributed by atoms with E-state index in [0.717, 1.165) is 11.3 Å². The number of likely N-dealkylation sites (tertiary alicyclic amines) is 1. The molecule has 13 nitrogen and oxygen atoms in total. The van der Waals surface area contributed by atoms with Gasteiger partial charge in [-0.2, -0.15) is 13.9 Å². The summed E-state index contributed by atoms with van der Waals surface area (Å²) in [6.45, 7) is 3.37. The molecule has 6 N–H and O–H groups in total. The lowest BCUT2D eigenvalue weighted by atomic mass is 9.84. The monoisotopic (exact) mass is 657 g/mol. The van der Waals surface area contributed by atoms with Crippen LogP contribution in [0.3, 0.4) is 0 Å². The van der Waals surface area contributed by atoms with Gasteiger partial charge in [0.2, 0.25) is 5.91 Å². The molecule has 1 fully saturated rings. The number of aliphatic carboxylic acids is 2. The van der Waals surface area contributed by atoms with Crippen molar-refractivity contribution in [3.63, 3.8) is 0 Å². The van der Waals surface area contributed by atoms with Gasteiger partial charge in [-0.25, -0.2) is 19.3 Å². The molecule has 0 aliphatic carbocycles. The van der Waals surface area contributed by atoms with Crippen LogP contribution in [0, 0.1) is 6.92 Å². The van der Waals surface area contributed by atoms with Crippen LogP contribution in [0.5, 0.6) is 0 Å². The second kappa shape index (κ2) is 13.2. The number of alkyl halides is 2. The zero-order valence-corrected chi connectivity index (χ0v) is 24.9. The fourth-order valence-corrected chi connectivity index (χ4v) is 6.50. The minimum absolute atomic E-state index is 0.0152. The highest BCUT2D eigenvalue weighted by Crippen LogP contribution is 2.52. The highest BCUT2D eigenvalue weighted by atomic mass is 35.5. The number of hydrogen-bond donors (Lipinski definition) is 5. The maximum Gasteiger partial charge on any atom is 0.335 e. The van der Waals surface area contributed by atoms with Gasteiger partial charge in [0.25, 0.3) is 5.92 Å². The second-order valence-electron chi connectivity index (χ2n) is 10.4. The Labute approximate surface area is 258 Å². The highest BCUT2D eigenvalue weighted by Gasteiger charge is 2.51. The SMILES string of the molecule is Cc1nn(-c2ncccc2CC(N)=O)cc1CN1CCC2(CC1)OCC(F)(F)c1cc(Cl)sc12.O=C(O)[C@H](O)[C@@H](O)C(=O)O. The normalized spacial score (nSPS) is 18.5. The number of amides is 1. The van der Waals surface area contributed by atoms with E-state index in [1.807, 2.05) is 19.2 Å².